The van der Waals surface area contributed by atoms with E-state index in [-0.39, 0.29) is 11.5 Å². The quantitative estimate of drug-likeness (QED) is 0.649. The van der Waals surface area contributed by atoms with Gasteiger partial charge in [-0.2, -0.15) is 27.8 Å². The van der Waals surface area contributed by atoms with Gasteiger partial charge >= 0.3 is 6.18 Å². The second-order valence-electron chi connectivity index (χ2n) is 2.75. The summed E-state index contributed by atoms with van der Waals surface area (Å²) in [7, 11) is 0. The number of rotatable bonds is 0. The molecule has 0 bridgehead atoms. The Morgan fingerprint density at radius 2 is 2.07 bits per heavy atom. The summed E-state index contributed by atoms with van der Waals surface area (Å²) >= 11 is 0. The van der Waals surface area contributed by atoms with E-state index in [0.29, 0.717) is 4.52 Å². The molecule has 2 aromatic heterocycles. The lowest BCUT2D eigenvalue weighted by Crippen LogP contribution is -2.13. The highest BCUT2D eigenvalue weighted by Gasteiger charge is 2.34. The van der Waals surface area contributed by atoms with Gasteiger partial charge in [0.05, 0.1) is 0 Å². The lowest BCUT2D eigenvalue weighted by molar-refractivity contribution is -0.142. The van der Waals surface area contributed by atoms with Crippen molar-refractivity contribution in [3.63, 3.8) is 0 Å². The summed E-state index contributed by atoms with van der Waals surface area (Å²) in [5.74, 6) is -0.0441. The van der Waals surface area contributed by atoms with E-state index >= 15 is 0 Å². The van der Waals surface area contributed by atoms with Crippen LogP contribution in [0.25, 0.3) is 5.78 Å². The van der Waals surface area contributed by atoms with Crippen LogP contribution in [0.5, 0.6) is 0 Å². The molecule has 0 unspecified atom stereocenters. The summed E-state index contributed by atoms with van der Waals surface area (Å²) in [6, 6.07) is 0.932. The highest BCUT2D eigenvalue weighted by Crippen LogP contribution is 2.28. The number of hydrogen-bond donors (Lipinski definition) is 0. The van der Waals surface area contributed by atoms with E-state index in [9.17, 15) is 13.2 Å². The lowest BCUT2D eigenvalue weighted by atomic mass is 10.3. The molecule has 0 amide bonds. The molecule has 2 aromatic rings. The van der Waals surface area contributed by atoms with Gasteiger partial charge in [0.1, 0.15) is 6.33 Å². The van der Waals surface area contributed by atoms with Crippen molar-refractivity contribution in [2.45, 2.75) is 13.1 Å². The van der Waals surface area contributed by atoms with Gasteiger partial charge in [0, 0.05) is 5.69 Å². The van der Waals surface area contributed by atoms with Crippen molar-refractivity contribution in [2.75, 3.05) is 0 Å². The summed E-state index contributed by atoms with van der Waals surface area (Å²) in [5.41, 5.74) is -0.602. The molecule has 0 spiro atoms. The minimum Gasteiger partial charge on any atom is -0.216 e. The standard InChI is InChI=1S/C7H5F3N4/c1-4-2-5(7(8,9)10)14-6(13-4)11-3-12-14/h2-3H,1H3. The van der Waals surface area contributed by atoms with Crippen molar-refractivity contribution in [1.82, 2.24) is 19.6 Å². The predicted molar refractivity (Wildman–Crippen MR) is 40.5 cm³/mol. The second-order valence-corrected chi connectivity index (χ2v) is 2.75. The van der Waals surface area contributed by atoms with Crippen LogP contribution in [0.15, 0.2) is 12.4 Å². The number of hydrogen-bond acceptors (Lipinski definition) is 3. The third-order valence-corrected chi connectivity index (χ3v) is 1.67. The molecule has 2 rings (SSSR count). The number of alkyl halides is 3. The van der Waals surface area contributed by atoms with E-state index in [1.807, 2.05) is 0 Å². The molecule has 0 radical (unpaired) electrons. The maximum atomic E-state index is 12.5. The zero-order valence-electron chi connectivity index (χ0n) is 7.08. The normalized spacial score (nSPS) is 12.3. The van der Waals surface area contributed by atoms with Gasteiger partial charge in [0.2, 0.25) is 0 Å². The zero-order chi connectivity index (χ0) is 10.3. The Labute approximate surface area is 76.4 Å². The largest absolute Gasteiger partial charge is 0.433 e. The minimum absolute atomic E-state index is 0.0441. The van der Waals surface area contributed by atoms with Crippen LogP contribution in [0.3, 0.4) is 0 Å². The first-order chi connectivity index (χ1) is 6.48. The van der Waals surface area contributed by atoms with Gasteiger partial charge in [-0.25, -0.2) is 4.98 Å². The molecule has 0 N–H and O–H groups in total. The van der Waals surface area contributed by atoms with Crippen molar-refractivity contribution in [2.24, 2.45) is 0 Å². The van der Waals surface area contributed by atoms with E-state index in [1.54, 1.807) is 0 Å². The molecule has 0 aliphatic carbocycles. The molecule has 74 valence electrons. The molecule has 0 aromatic carbocycles. The number of aromatic nitrogens is 4. The Kier molecular flexibility index (Phi) is 1.70. The molecule has 0 atom stereocenters. The maximum absolute atomic E-state index is 12.5. The van der Waals surface area contributed by atoms with Gasteiger partial charge in [-0.1, -0.05) is 0 Å². The summed E-state index contributed by atoms with van der Waals surface area (Å²) in [5, 5.41) is 3.45. The van der Waals surface area contributed by atoms with E-state index in [1.165, 1.54) is 6.92 Å². The zero-order valence-corrected chi connectivity index (χ0v) is 7.08. The molecule has 0 saturated carbocycles. The molecule has 2 heterocycles. The average Bonchev–Trinajstić information content (AvgIpc) is 2.47. The first-order valence-electron chi connectivity index (χ1n) is 3.73. The van der Waals surface area contributed by atoms with Crippen LogP contribution in [0.1, 0.15) is 11.4 Å². The fourth-order valence-electron chi connectivity index (χ4n) is 1.13. The molecule has 4 nitrogen and oxygen atoms in total. The summed E-state index contributed by atoms with van der Waals surface area (Å²) in [6.45, 7) is 1.48. The topological polar surface area (TPSA) is 43.1 Å². The monoisotopic (exact) mass is 202 g/mol. The molecule has 0 aliphatic rings. The smallest absolute Gasteiger partial charge is 0.216 e. The van der Waals surface area contributed by atoms with Gasteiger partial charge in [-0.05, 0) is 13.0 Å². The molecular weight excluding hydrogens is 197 g/mol. The fourth-order valence-corrected chi connectivity index (χ4v) is 1.13. The van der Waals surface area contributed by atoms with Crippen LogP contribution >= 0.6 is 0 Å². The number of halogens is 3. The summed E-state index contributed by atoms with van der Waals surface area (Å²) in [6.07, 6.45) is -3.41. The molecular formula is C7H5F3N4. The van der Waals surface area contributed by atoms with Gasteiger partial charge < -0.3 is 0 Å². The Balaban J connectivity index is 2.80. The van der Waals surface area contributed by atoms with Gasteiger partial charge in [0.25, 0.3) is 5.78 Å². The van der Waals surface area contributed by atoms with Crippen molar-refractivity contribution < 1.29 is 13.2 Å². The second kappa shape index (κ2) is 2.66. The first kappa shape index (κ1) is 8.92. The molecule has 0 fully saturated rings. The molecule has 0 aliphatic heterocycles. The predicted octanol–water partition coefficient (Wildman–Crippen LogP) is 1.45. The Morgan fingerprint density at radius 1 is 1.36 bits per heavy atom. The highest BCUT2D eigenvalue weighted by atomic mass is 19.4. The summed E-state index contributed by atoms with van der Waals surface area (Å²) < 4.78 is 38.1. The van der Waals surface area contributed by atoms with Crippen LogP contribution in [-0.4, -0.2) is 19.6 Å². The fraction of sp³-hybridized carbons (Fsp3) is 0.286. The van der Waals surface area contributed by atoms with E-state index in [2.05, 4.69) is 15.1 Å². The Morgan fingerprint density at radius 3 is 2.71 bits per heavy atom. The summed E-state index contributed by atoms with van der Waals surface area (Å²) in [4.78, 5) is 7.39. The average molecular weight is 202 g/mol. The van der Waals surface area contributed by atoms with Gasteiger partial charge in [0.15, 0.2) is 5.69 Å². The van der Waals surface area contributed by atoms with E-state index in [4.69, 9.17) is 0 Å². The number of aryl methyl sites for hydroxylation is 1. The van der Waals surface area contributed by atoms with Gasteiger partial charge in [-0.3, -0.25) is 0 Å². The van der Waals surface area contributed by atoms with Crippen LogP contribution < -0.4 is 0 Å². The van der Waals surface area contributed by atoms with Crippen LogP contribution in [0.2, 0.25) is 0 Å². The number of fused-ring (bicyclic) bond motifs is 1. The lowest BCUT2D eigenvalue weighted by Gasteiger charge is -2.08. The van der Waals surface area contributed by atoms with Crippen molar-refractivity contribution in [1.29, 1.82) is 0 Å². The maximum Gasteiger partial charge on any atom is 0.433 e. The van der Waals surface area contributed by atoms with Crippen LogP contribution in [0, 0.1) is 6.92 Å². The molecule has 7 heteroatoms. The molecule has 14 heavy (non-hydrogen) atoms. The first-order valence-corrected chi connectivity index (χ1v) is 3.73. The third-order valence-electron chi connectivity index (χ3n) is 1.67. The minimum atomic E-state index is -4.44. The van der Waals surface area contributed by atoms with Crippen LogP contribution in [-0.2, 0) is 6.18 Å². The highest BCUT2D eigenvalue weighted by molar-refractivity contribution is 5.30. The Bertz CT molecular complexity index is 473. The SMILES string of the molecule is Cc1cc(C(F)(F)F)n2ncnc2n1. The van der Waals surface area contributed by atoms with E-state index in [0.717, 1.165) is 12.4 Å². The van der Waals surface area contributed by atoms with Crippen molar-refractivity contribution in [3.8, 4) is 0 Å². The number of nitrogens with zero attached hydrogens (tertiary/aromatic N) is 4. The van der Waals surface area contributed by atoms with Crippen LogP contribution in [0.4, 0.5) is 13.2 Å². The molecule has 0 saturated heterocycles. The van der Waals surface area contributed by atoms with Gasteiger partial charge in [-0.15, -0.1) is 0 Å². The third kappa shape index (κ3) is 1.30. The Hall–Kier alpha value is -1.66. The van der Waals surface area contributed by atoms with E-state index < -0.39 is 11.9 Å². The van der Waals surface area contributed by atoms with Crippen molar-refractivity contribution in [3.05, 3.63) is 23.8 Å². The van der Waals surface area contributed by atoms with Crippen molar-refractivity contribution >= 4 is 5.78 Å².